The van der Waals surface area contributed by atoms with Gasteiger partial charge in [0, 0.05) is 31.5 Å². The molecule has 19 heavy (non-hydrogen) atoms. The average Bonchev–Trinajstić information content (AvgIpc) is 2.78. The second-order valence-corrected chi connectivity index (χ2v) is 4.16. The fourth-order valence-corrected chi connectivity index (χ4v) is 1.81. The van der Waals surface area contributed by atoms with Gasteiger partial charge in [0.2, 0.25) is 0 Å². The number of halogens is 1. The van der Waals surface area contributed by atoms with Crippen LogP contribution in [0, 0.1) is 17.1 Å². The molecular weight excluding hydrogens is 245 g/mol. The van der Waals surface area contributed by atoms with Crippen LogP contribution in [-0.2, 0) is 13.6 Å². The number of anilines is 1. The summed E-state index contributed by atoms with van der Waals surface area (Å²) in [6.07, 6.45) is 1.88. The second-order valence-electron chi connectivity index (χ2n) is 4.16. The molecule has 0 aliphatic rings. The number of aryl methyl sites for hydroxylation is 1. The maximum atomic E-state index is 13.2. The van der Waals surface area contributed by atoms with Crippen LogP contribution in [0.1, 0.15) is 11.3 Å². The number of benzene rings is 1. The minimum atomic E-state index is -0.389. The van der Waals surface area contributed by atoms with E-state index < -0.39 is 0 Å². The molecule has 1 heterocycles. The first-order chi connectivity index (χ1) is 9.13. The first kappa shape index (κ1) is 13.0. The summed E-state index contributed by atoms with van der Waals surface area (Å²) in [6, 6.07) is 8.52. The first-order valence-corrected chi connectivity index (χ1v) is 5.77. The Hall–Kier alpha value is -2.48. The maximum absolute atomic E-state index is 13.2. The lowest BCUT2D eigenvalue weighted by molar-refractivity contribution is 0.387. The van der Waals surface area contributed by atoms with Crippen molar-refractivity contribution in [3.63, 3.8) is 0 Å². The number of ether oxygens (including phenoxy) is 1. The maximum Gasteiger partial charge on any atom is 0.165 e. The van der Waals surface area contributed by atoms with Crippen molar-refractivity contribution in [2.24, 2.45) is 7.05 Å². The van der Waals surface area contributed by atoms with Crippen molar-refractivity contribution < 1.29 is 9.13 Å². The molecule has 0 radical (unpaired) electrons. The van der Waals surface area contributed by atoms with E-state index in [9.17, 15) is 4.39 Å². The van der Waals surface area contributed by atoms with Crippen LogP contribution in [0.3, 0.4) is 0 Å². The van der Waals surface area contributed by atoms with Crippen molar-refractivity contribution >= 4 is 5.69 Å². The van der Waals surface area contributed by atoms with Gasteiger partial charge in [0.15, 0.2) is 11.6 Å². The van der Waals surface area contributed by atoms with Crippen LogP contribution < -0.4 is 10.1 Å². The number of rotatable bonds is 4. The molecule has 1 N–H and O–H groups in total. The highest BCUT2D eigenvalue weighted by Crippen LogP contribution is 2.22. The molecule has 0 bridgehead atoms. The number of nitriles is 1. The molecule has 0 atom stereocenters. The van der Waals surface area contributed by atoms with Gasteiger partial charge in [-0.15, -0.1) is 0 Å². The van der Waals surface area contributed by atoms with Crippen LogP contribution >= 0.6 is 0 Å². The molecular formula is C14H14FN3O. The summed E-state index contributed by atoms with van der Waals surface area (Å²) in [7, 11) is 3.25. The molecule has 5 heteroatoms. The number of nitrogens with zero attached hydrogens (tertiary/aromatic N) is 2. The Morgan fingerprint density at radius 1 is 1.42 bits per heavy atom. The third-order valence-corrected chi connectivity index (χ3v) is 2.82. The van der Waals surface area contributed by atoms with E-state index in [1.54, 1.807) is 16.7 Å². The van der Waals surface area contributed by atoms with Gasteiger partial charge in [0.25, 0.3) is 0 Å². The van der Waals surface area contributed by atoms with E-state index in [-0.39, 0.29) is 11.6 Å². The highest BCUT2D eigenvalue weighted by Gasteiger charge is 2.05. The zero-order valence-corrected chi connectivity index (χ0v) is 10.8. The molecule has 0 unspecified atom stereocenters. The summed E-state index contributed by atoms with van der Waals surface area (Å²) in [4.78, 5) is 0. The van der Waals surface area contributed by atoms with Gasteiger partial charge >= 0.3 is 0 Å². The number of nitrogens with one attached hydrogen (secondary N) is 1. The molecule has 0 saturated heterocycles. The van der Waals surface area contributed by atoms with Gasteiger partial charge in [-0.05, 0) is 23.8 Å². The third-order valence-electron chi connectivity index (χ3n) is 2.82. The largest absolute Gasteiger partial charge is 0.494 e. The van der Waals surface area contributed by atoms with E-state index >= 15 is 0 Å². The van der Waals surface area contributed by atoms with Crippen LogP contribution in [0.25, 0.3) is 0 Å². The molecule has 98 valence electrons. The van der Waals surface area contributed by atoms with Gasteiger partial charge in [-0.3, -0.25) is 0 Å². The first-order valence-electron chi connectivity index (χ1n) is 5.77. The lowest BCUT2D eigenvalue weighted by Crippen LogP contribution is -1.99. The molecule has 0 aliphatic carbocycles. The monoisotopic (exact) mass is 259 g/mol. The smallest absolute Gasteiger partial charge is 0.165 e. The summed E-state index contributed by atoms with van der Waals surface area (Å²) < 4.78 is 19.9. The van der Waals surface area contributed by atoms with Crippen LogP contribution in [0.5, 0.6) is 5.75 Å². The van der Waals surface area contributed by atoms with Gasteiger partial charge in [0.05, 0.1) is 7.11 Å². The third kappa shape index (κ3) is 2.86. The van der Waals surface area contributed by atoms with Crippen molar-refractivity contribution in [1.29, 1.82) is 5.26 Å². The average molecular weight is 259 g/mol. The minimum Gasteiger partial charge on any atom is -0.494 e. The molecule has 0 fully saturated rings. The van der Waals surface area contributed by atoms with Gasteiger partial charge in [-0.2, -0.15) is 5.26 Å². The van der Waals surface area contributed by atoms with Crippen LogP contribution in [-0.4, -0.2) is 11.7 Å². The van der Waals surface area contributed by atoms with Crippen molar-refractivity contribution in [2.75, 3.05) is 12.4 Å². The molecule has 0 aliphatic heterocycles. The van der Waals surface area contributed by atoms with E-state index in [0.717, 1.165) is 11.3 Å². The van der Waals surface area contributed by atoms with Gasteiger partial charge in [0.1, 0.15) is 11.8 Å². The predicted molar refractivity (Wildman–Crippen MR) is 70.4 cm³/mol. The zero-order valence-electron chi connectivity index (χ0n) is 10.8. The summed E-state index contributed by atoms with van der Waals surface area (Å²) in [5.74, 6) is -0.185. The van der Waals surface area contributed by atoms with E-state index in [1.807, 2.05) is 19.3 Å². The SMILES string of the molecule is COc1cc(NCc2cc(C#N)n(C)c2)ccc1F. The lowest BCUT2D eigenvalue weighted by atomic mass is 10.2. The molecule has 4 nitrogen and oxygen atoms in total. The Morgan fingerprint density at radius 2 is 2.21 bits per heavy atom. The van der Waals surface area contributed by atoms with Gasteiger partial charge < -0.3 is 14.6 Å². The fraction of sp³-hybridized carbons (Fsp3) is 0.214. The normalized spacial score (nSPS) is 10.0. The van der Waals surface area contributed by atoms with E-state index in [1.165, 1.54) is 13.2 Å². The summed E-state index contributed by atoms with van der Waals surface area (Å²) in [5.41, 5.74) is 2.36. The van der Waals surface area contributed by atoms with Crippen LogP contribution in [0.15, 0.2) is 30.5 Å². The van der Waals surface area contributed by atoms with Crippen molar-refractivity contribution in [3.05, 3.63) is 47.5 Å². The molecule has 0 spiro atoms. The molecule has 1 aromatic carbocycles. The predicted octanol–water partition coefficient (Wildman–Crippen LogP) is 2.66. The Balaban J connectivity index is 2.08. The van der Waals surface area contributed by atoms with E-state index in [4.69, 9.17) is 10.00 Å². The molecule has 1 aromatic heterocycles. The van der Waals surface area contributed by atoms with E-state index in [0.29, 0.717) is 12.2 Å². The van der Waals surface area contributed by atoms with Gasteiger partial charge in [-0.1, -0.05) is 0 Å². The quantitative estimate of drug-likeness (QED) is 0.918. The Morgan fingerprint density at radius 3 is 2.84 bits per heavy atom. The van der Waals surface area contributed by atoms with Crippen LogP contribution in [0.2, 0.25) is 0 Å². The van der Waals surface area contributed by atoms with Crippen LogP contribution in [0.4, 0.5) is 10.1 Å². The van der Waals surface area contributed by atoms with E-state index in [2.05, 4.69) is 11.4 Å². The number of hydrogen-bond acceptors (Lipinski definition) is 3. The number of hydrogen-bond donors (Lipinski definition) is 1. The topological polar surface area (TPSA) is 50.0 Å². The molecule has 2 aromatic rings. The second kappa shape index (κ2) is 5.44. The number of aromatic nitrogens is 1. The van der Waals surface area contributed by atoms with Crippen molar-refractivity contribution in [3.8, 4) is 11.8 Å². The minimum absolute atomic E-state index is 0.204. The van der Waals surface area contributed by atoms with Crippen molar-refractivity contribution in [2.45, 2.75) is 6.54 Å². The highest BCUT2D eigenvalue weighted by atomic mass is 19.1. The Bertz CT molecular complexity index is 628. The Kier molecular flexibility index (Phi) is 3.71. The van der Waals surface area contributed by atoms with Crippen molar-refractivity contribution in [1.82, 2.24) is 4.57 Å². The summed E-state index contributed by atoms with van der Waals surface area (Å²) in [5, 5.41) is 12.0. The van der Waals surface area contributed by atoms with Gasteiger partial charge in [-0.25, -0.2) is 4.39 Å². The highest BCUT2D eigenvalue weighted by molar-refractivity contribution is 5.49. The molecule has 0 amide bonds. The fourth-order valence-electron chi connectivity index (χ4n) is 1.81. The summed E-state index contributed by atoms with van der Waals surface area (Å²) >= 11 is 0. The number of methoxy groups -OCH3 is 1. The summed E-state index contributed by atoms with van der Waals surface area (Å²) in [6.45, 7) is 0.560. The zero-order chi connectivity index (χ0) is 13.8. The molecule has 0 saturated carbocycles. The molecule has 2 rings (SSSR count). The lowest BCUT2D eigenvalue weighted by Gasteiger charge is -2.07. The standard InChI is InChI=1S/C14H14FN3O/c1-18-9-10(5-12(18)7-16)8-17-11-3-4-13(15)14(6-11)19-2/h3-6,9,17H,8H2,1-2H3. The Labute approximate surface area is 111 Å².